The fourth-order valence-corrected chi connectivity index (χ4v) is 3.57. The van der Waals surface area contributed by atoms with Gasteiger partial charge in [-0.1, -0.05) is 23.4 Å². The maximum Gasteiger partial charge on any atom is 0.264 e. The van der Waals surface area contributed by atoms with Crippen LogP contribution in [0.5, 0.6) is 0 Å². The molecule has 0 atom stereocenters. The molecule has 32 heavy (non-hydrogen) atoms. The van der Waals surface area contributed by atoms with Crippen LogP contribution in [0.15, 0.2) is 46.1 Å². The highest BCUT2D eigenvalue weighted by Crippen LogP contribution is 2.14. The molecule has 4 rings (SSSR count). The lowest BCUT2D eigenvalue weighted by Crippen LogP contribution is -2.28. The summed E-state index contributed by atoms with van der Waals surface area (Å²) >= 11 is 0. The first-order chi connectivity index (χ1) is 15.4. The number of carbonyl (C=O) groups is 1. The van der Waals surface area contributed by atoms with Crippen LogP contribution >= 0.6 is 0 Å². The van der Waals surface area contributed by atoms with Gasteiger partial charge >= 0.3 is 0 Å². The van der Waals surface area contributed by atoms with Gasteiger partial charge < -0.3 is 9.84 Å². The molecule has 1 N–H and O–H groups in total. The van der Waals surface area contributed by atoms with Crippen molar-refractivity contribution in [2.24, 2.45) is 0 Å². The summed E-state index contributed by atoms with van der Waals surface area (Å²) in [5.41, 5.74) is 2.28. The van der Waals surface area contributed by atoms with Crippen LogP contribution in [-0.2, 0) is 24.3 Å². The zero-order valence-electron chi connectivity index (χ0n) is 17.8. The Hall–Kier alpha value is -3.82. The Morgan fingerprint density at radius 3 is 2.81 bits per heavy atom. The number of rotatable bonds is 8. The molecule has 0 saturated heterocycles. The van der Waals surface area contributed by atoms with Crippen LogP contribution in [0.1, 0.15) is 29.0 Å². The average molecular weight is 438 g/mol. The quantitative estimate of drug-likeness (QED) is 0.452. The molecule has 0 aliphatic heterocycles. The van der Waals surface area contributed by atoms with Gasteiger partial charge in [-0.25, -0.2) is 14.1 Å². The van der Waals surface area contributed by atoms with Crippen molar-refractivity contribution < 1.29 is 13.7 Å². The number of halogens is 1. The number of benzene rings is 1. The summed E-state index contributed by atoms with van der Waals surface area (Å²) in [4.78, 5) is 29.2. The van der Waals surface area contributed by atoms with Gasteiger partial charge in [0.1, 0.15) is 23.3 Å². The van der Waals surface area contributed by atoms with Crippen LogP contribution in [0, 0.1) is 19.7 Å². The number of aryl methyl sites for hydroxylation is 2. The van der Waals surface area contributed by atoms with E-state index in [1.807, 2.05) is 13.8 Å². The van der Waals surface area contributed by atoms with Crippen molar-refractivity contribution in [3.63, 3.8) is 0 Å². The van der Waals surface area contributed by atoms with Gasteiger partial charge in [0.15, 0.2) is 5.65 Å². The summed E-state index contributed by atoms with van der Waals surface area (Å²) in [5, 5.41) is 11.3. The first kappa shape index (κ1) is 21.4. The number of carbonyl (C=O) groups excluding carboxylic acids is 1. The lowest BCUT2D eigenvalue weighted by molar-refractivity contribution is -0.121. The fourth-order valence-electron chi connectivity index (χ4n) is 3.57. The molecule has 0 saturated carbocycles. The normalized spacial score (nSPS) is 11.2. The van der Waals surface area contributed by atoms with Crippen LogP contribution < -0.4 is 10.9 Å². The third kappa shape index (κ3) is 4.43. The molecule has 0 aliphatic rings. The molecule has 0 aliphatic carbocycles. The van der Waals surface area contributed by atoms with E-state index in [1.165, 1.54) is 23.2 Å². The number of hydrogen-bond donors (Lipinski definition) is 1. The van der Waals surface area contributed by atoms with E-state index in [0.29, 0.717) is 42.5 Å². The highest BCUT2D eigenvalue weighted by atomic mass is 19.1. The number of nitrogens with one attached hydrogen (secondary N) is 1. The molecular formula is C22H23FN6O3. The molecule has 10 heteroatoms. The van der Waals surface area contributed by atoms with Gasteiger partial charge in [-0.05, 0) is 26.3 Å². The second-order valence-electron chi connectivity index (χ2n) is 7.53. The molecule has 0 radical (unpaired) electrons. The predicted octanol–water partition coefficient (Wildman–Crippen LogP) is 2.13. The highest BCUT2D eigenvalue weighted by Gasteiger charge is 2.13. The molecule has 1 amide bonds. The van der Waals surface area contributed by atoms with Gasteiger partial charge in [-0.15, -0.1) is 0 Å². The molecule has 1 aromatic carbocycles. The van der Waals surface area contributed by atoms with Gasteiger partial charge in [0.25, 0.3) is 5.56 Å². The summed E-state index contributed by atoms with van der Waals surface area (Å²) in [6.45, 7) is 4.47. The summed E-state index contributed by atoms with van der Waals surface area (Å²) in [6, 6.07) is 6.30. The van der Waals surface area contributed by atoms with E-state index in [4.69, 9.17) is 4.52 Å². The summed E-state index contributed by atoms with van der Waals surface area (Å²) in [6.07, 6.45) is 3.71. The van der Waals surface area contributed by atoms with E-state index in [2.05, 4.69) is 20.6 Å². The van der Waals surface area contributed by atoms with Gasteiger partial charge in [0.05, 0.1) is 25.0 Å². The monoisotopic (exact) mass is 438 g/mol. The van der Waals surface area contributed by atoms with Crippen molar-refractivity contribution in [3.8, 4) is 0 Å². The second-order valence-corrected chi connectivity index (χ2v) is 7.53. The average Bonchev–Trinajstić information content (AvgIpc) is 3.33. The summed E-state index contributed by atoms with van der Waals surface area (Å²) < 4.78 is 21.9. The topological polar surface area (TPSA) is 108 Å². The lowest BCUT2D eigenvalue weighted by atomic mass is 10.1. The first-order valence-electron chi connectivity index (χ1n) is 10.3. The van der Waals surface area contributed by atoms with Crippen LogP contribution in [0.25, 0.3) is 11.0 Å². The van der Waals surface area contributed by atoms with Gasteiger partial charge in [0.2, 0.25) is 5.91 Å². The van der Waals surface area contributed by atoms with Crippen molar-refractivity contribution in [2.45, 2.75) is 39.8 Å². The zero-order chi connectivity index (χ0) is 22.7. The minimum atomic E-state index is -0.375. The highest BCUT2D eigenvalue weighted by molar-refractivity contribution is 5.76. The Balaban J connectivity index is 1.37. The second kappa shape index (κ2) is 9.13. The van der Waals surface area contributed by atoms with Crippen LogP contribution in [0.2, 0.25) is 0 Å². The molecule has 0 unspecified atom stereocenters. The standard InChI is InChI=1S/C22H23FN6O3/c1-14-17(15(2)32-27-14)7-8-20(30)24-9-10-29-21-18(11-26-29)22(31)28(13-25-21)12-16-5-3-4-6-19(16)23/h3-6,11,13H,7-10,12H2,1-2H3,(H,24,30). The van der Waals surface area contributed by atoms with Crippen molar-refractivity contribution >= 4 is 16.9 Å². The lowest BCUT2D eigenvalue weighted by Gasteiger charge is -2.08. The van der Waals surface area contributed by atoms with Crippen LogP contribution in [0.4, 0.5) is 4.39 Å². The van der Waals surface area contributed by atoms with Crippen molar-refractivity contribution in [3.05, 3.63) is 75.5 Å². The van der Waals surface area contributed by atoms with Crippen molar-refractivity contribution in [1.29, 1.82) is 0 Å². The minimum absolute atomic E-state index is 0.0841. The fraction of sp³-hybridized carbons (Fsp3) is 0.318. The number of amides is 1. The van der Waals surface area contributed by atoms with Gasteiger partial charge in [-0.3, -0.25) is 14.2 Å². The third-order valence-electron chi connectivity index (χ3n) is 5.35. The van der Waals surface area contributed by atoms with E-state index in [1.54, 1.807) is 22.9 Å². The van der Waals surface area contributed by atoms with E-state index < -0.39 is 0 Å². The number of fused-ring (bicyclic) bond motifs is 1. The molecular weight excluding hydrogens is 415 g/mol. The maximum absolute atomic E-state index is 13.9. The van der Waals surface area contributed by atoms with E-state index in [9.17, 15) is 14.0 Å². The summed E-state index contributed by atoms with van der Waals surface area (Å²) in [7, 11) is 0. The minimum Gasteiger partial charge on any atom is -0.361 e. The molecule has 3 aromatic heterocycles. The van der Waals surface area contributed by atoms with Gasteiger partial charge in [0, 0.05) is 24.1 Å². The Morgan fingerprint density at radius 2 is 2.06 bits per heavy atom. The maximum atomic E-state index is 13.9. The Kier molecular flexibility index (Phi) is 6.11. The Bertz CT molecular complexity index is 1300. The molecule has 0 bridgehead atoms. The van der Waals surface area contributed by atoms with Crippen molar-refractivity contribution in [1.82, 2.24) is 29.8 Å². The Morgan fingerprint density at radius 1 is 1.25 bits per heavy atom. The zero-order valence-corrected chi connectivity index (χ0v) is 17.8. The smallest absolute Gasteiger partial charge is 0.264 e. The van der Waals surface area contributed by atoms with Crippen molar-refractivity contribution in [2.75, 3.05) is 6.54 Å². The Labute approximate surface area is 182 Å². The number of nitrogens with zero attached hydrogens (tertiary/aromatic N) is 5. The number of hydrogen-bond acceptors (Lipinski definition) is 6. The molecule has 3 heterocycles. The molecule has 166 valence electrons. The summed E-state index contributed by atoms with van der Waals surface area (Å²) in [5.74, 6) is 0.256. The number of aromatic nitrogens is 5. The van der Waals surface area contributed by atoms with E-state index in [0.717, 1.165) is 17.0 Å². The van der Waals surface area contributed by atoms with Crippen LogP contribution in [-0.4, -0.2) is 36.9 Å². The third-order valence-corrected chi connectivity index (χ3v) is 5.35. The predicted molar refractivity (Wildman–Crippen MR) is 115 cm³/mol. The SMILES string of the molecule is Cc1noc(C)c1CCC(=O)NCCn1ncc2c(=O)n(Cc3ccccc3F)cnc21. The molecule has 9 nitrogen and oxygen atoms in total. The van der Waals surface area contributed by atoms with Crippen LogP contribution in [0.3, 0.4) is 0 Å². The molecule has 0 fully saturated rings. The van der Waals surface area contributed by atoms with Gasteiger partial charge in [-0.2, -0.15) is 5.10 Å². The first-order valence-corrected chi connectivity index (χ1v) is 10.3. The molecule has 4 aromatic rings. The van der Waals surface area contributed by atoms with E-state index >= 15 is 0 Å². The van der Waals surface area contributed by atoms with E-state index in [-0.39, 0.29) is 23.8 Å². The molecule has 0 spiro atoms. The largest absolute Gasteiger partial charge is 0.361 e.